The van der Waals surface area contributed by atoms with E-state index in [0.717, 1.165) is 27.7 Å². The lowest BCUT2D eigenvalue weighted by Gasteiger charge is -2.06. The first kappa shape index (κ1) is 14.3. The van der Waals surface area contributed by atoms with Gasteiger partial charge < -0.3 is 10.3 Å². The summed E-state index contributed by atoms with van der Waals surface area (Å²) in [5.41, 5.74) is 3.80. The van der Waals surface area contributed by atoms with E-state index in [1.807, 2.05) is 31.2 Å². The van der Waals surface area contributed by atoms with Gasteiger partial charge in [-0.1, -0.05) is 30.3 Å². The first-order valence-electron chi connectivity index (χ1n) is 7.21. The topological polar surface area (TPSA) is 44.9 Å². The molecule has 0 spiro atoms. The highest BCUT2D eigenvalue weighted by Gasteiger charge is 2.12. The fourth-order valence-electron chi connectivity index (χ4n) is 2.63. The Morgan fingerprint density at radius 3 is 2.82 bits per heavy atom. The number of hydrogen-bond donors (Lipinski definition) is 2. The summed E-state index contributed by atoms with van der Waals surface area (Å²) in [5.74, 6) is -0.365. The molecule has 2 aromatic carbocycles. The SMILES string of the molecule is Cc1[nH]c2ccccc2c1CC(=O)NCc1cccc(F)c1. The van der Waals surface area contributed by atoms with E-state index in [9.17, 15) is 9.18 Å². The molecule has 3 aromatic rings. The van der Waals surface area contributed by atoms with Gasteiger partial charge >= 0.3 is 0 Å². The summed E-state index contributed by atoms with van der Waals surface area (Å²) in [6, 6.07) is 14.2. The molecule has 0 radical (unpaired) electrons. The molecule has 22 heavy (non-hydrogen) atoms. The molecule has 3 nitrogen and oxygen atoms in total. The van der Waals surface area contributed by atoms with Crippen LogP contribution in [0.4, 0.5) is 4.39 Å². The van der Waals surface area contributed by atoms with E-state index in [-0.39, 0.29) is 11.7 Å². The highest BCUT2D eigenvalue weighted by molar-refractivity contribution is 5.90. The number of aryl methyl sites for hydroxylation is 1. The van der Waals surface area contributed by atoms with Gasteiger partial charge in [-0.25, -0.2) is 4.39 Å². The number of rotatable bonds is 4. The third-order valence-electron chi connectivity index (χ3n) is 3.74. The van der Waals surface area contributed by atoms with Crippen LogP contribution in [-0.2, 0) is 17.8 Å². The quantitative estimate of drug-likeness (QED) is 0.760. The second-order valence-electron chi connectivity index (χ2n) is 5.36. The molecule has 0 bridgehead atoms. The predicted octanol–water partition coefficient (Wildman–Crippen LogP) is 3.47. The van der Waals surface area contributed by atoms with Crippen LogP contribution in [-0.4, -0.2) is 10.9 Å². The maximum Gasteiger partial charge on any atom is 0.224 e. The van der Waals surface area contributed by atoms with Gasteiger partial charge in [0, 0.05) is 23.1 Å². The third kappa shape index (κ3) is 3.01. The maximum absolute atomic E-state index is 13.1. The smallest absolute Gasteiger partial charge is 0.224 e. The highest BCUT2D eigenvalue weighted by Crippen LogP contribution is 2.22. The van der Waals surface area contributed by atoms with Crippen molar-refractivity contribution in [3.05, 3.63) is 71.2 Å². The molecule has 1 heterocycles. The van der Waals surface area contributed by atoms with Crippen LogP contribution < -0.4 is 5.32 Å². The molecule has 1 aromatic heterocycles. The van der Waals surface area contributed by atoms with E-state index in [0.29, 0.717) is 13.0 Å². The summed E-state index contributed by atoms with van der Waals surface area (Å²) >= 11 is 0. The van der Waals surface area contributed by atoms with Crippen LogP contribution in [0, 0.1) is 12.7 Å². The van der Waals surface area contributed by atoms with E-state index < -0.39 is 0 Å². The molecular weight excluding hydrogens is 279 g/mol. The molecule has 0 fully saturated rings. The Morgan fingerprint density at radius 2 is 2.00 bits per heavy atom. The molecule has 1 amide bonds. The van der Waals surface area contributed by atoms with Crippen LogP contribution in [0.1, 0.15) is 16.8 Å². The number of carbonyl (C=O) groups is 1. The molecule has 112 valence electrons. The van der Waals surface area contributed by atoms with Gasteiger partial charge in [-0.15, -0.1) is 0 Å². The average Bonchev–Trinajstić information content (AvgIpc) is 2.81. The summed E-state index contributed by atoms with van der Waals surface area (Å²) in [5, 5.41) is 3.91. The Balaban J connectivity index is 1.70. The number of amides is 1. The van der Waals surface area contributed by atoms with E-state index in [4.69, 9.17) is 0 Å². The van der Waals surface area contributed by atoms with Crippen LogP contribution in [0.3, 0.4) is 0 Å². The van der Waals surface area contributed by atoms with Crippen molar-refractivity contribution in [1.82, 2.24) is 10.3 Å². The number of carbonyl (C=O) groups excluding carboxylic acids is 1. The van der Waals surface area contributed by atoms with Gasteiger partial charge in [0.1, 0.15) is 5.82 Å². The predicted molar refractivity (Wildman–Crippen MR) is 85.0 cm³/mol. The Labute approximate surface area is 128 Å². The van der Waals surface area contributed by atoms with E-state index in [1.165, 1.54) is 12.1 Å². The van der Waals surface area contributed by atoms with Crippen molar-refractivity contribution in [3.8, 4) is 0 Å². The minimum Gasteiger partial charge on any atom is -0.358 e. The fourth-order valence-corrected chi connectivity index (χ4v) is 2.63. The lowest BCUT2D eigenvalue weighted by Crippen LogP contribution is -2.24. The van der Waals surface area contributed by atoms with Crippen molar-refractivity contribution >= 4 is 16.8 Å². The number of benzene rings is 2. The van der Waals surface area contributed by atoms with Crippen LogP contribution >= 0.6 is 0 Å². The zero-order valence-corrected chi connectivity index (χ0v) is 12.3. The normalized spacial score (nSPS) is 10.8. The molecule has 3 rings (SSSR count). The minimum absolute atomic E-state index is 0.0721. The number of H-pyrrole nitrogens is 1. The Morgan fingerprint density at radius 1 is 1.18 bits per heavy atom. The van der Waals surface area contributed by atoms with Crippen molar-refractivity contribution in [2.24, 2.45) is 0 Å². The second-order valence-corrected chi connectivity index (χ2v) is 5.36. The molecule has 0 saturated carbocycles. The summed E-state index contributed by atoms with van der Waals surface area (Å²) in [4.78, 5) is 15.4. The second kappa shape index (κ2) is 6.02. The van der Waals surface area contributed by atoms with Gasteiger partial charge in [-0.2, -0.15) is 0 Å². The summed E-state index contributed by atoms with van der Waals surface area (Å²) in [6.07, 6.45) is 0.311. The molecular formula is C18H17FN2O. The Hall–Kier alpha value is -2.62. The number of nitrogens with one attached hydrogen (secondary N) is 2. The van der Waals surface area contributed by atoms with Gasteiger partial charge in [0.05, 0.1) is 6.42 Å². The van der Waals surface area contributed by atoms with Crippen LogP contribution in [0.15, 0.2) is 48.5 Å². The van der Waals surface area contributed by atoms with Gasteiger partial charge in [0.2, 0.25) is 5.91 Å². The van der Waals surface area contributed by atoms with Gasteiger partial charge in [-0.05, 0) is 36.2 Å². The first-order valence-corrected chi connectivity index (χ1v) is 7.21. The standard InChI is InChI=1S/C18H17FN2O/c1-12-16(15-7-2-3-8-17(15)21-12)10-18(22)20-11-13-5-4-6-14(19)9-13/h2-9,21H,10-11H2,1H3,(H,20,22). The number of hydrogen-bond acceptors (Lipinski definition) is 1. The Kier molecular flexibility index (Phi) is 3.92. The lowest BCUT2D eigenvalue weighted by molar-refractivity contribution is -0.120. The molecule has 2 N–H and O–H groups in total. The fraction of sp³-hybridized carbons (Fsp3) is 0.167. The molecule has 0 unspecified atom stereocenters. The molecule has 0 aliphatic heterocycles. The number of para-hydroxylation sites is 1. The largest absolute Gasteiger partial charge is 0.358 e. The monoisotopic (exact) mass is 296 g/mol. The number of aromatic nitrogens is 1. The number of halogens is 1. The first-order chi connectivity index (χ1) is 10.6. The summed E-state index contributed by atoms with van der Waals surface area (Å²) < 4.78 is 13.1. The van der Waals surface area contributed by atoms with Crippen molar-refractivity contribution in [1.29, 1.82) is 0 Å². The van der Waals surface area contributed by atoms with Gasteiger partial charge in [-0.3, -0.25) is 4.79 Å². The van der Waals surface area contributed by atoms with E-state index in [1.54, 1.807) is 12.1 Å². The van der Waals surface area contributed by atoms with Crippen molar-refractivity contribution in [3.63, 3.8) is 0 Å². The average molecular weight is 296 g/mol. The van der Waals surface area contributed by atoms with Gasteiger partial charge in [0.15, 0.2) is 0 Å². The van der Waals surface area contributed by atoms with Crippen LogP contribution in [0.5, 0.6) is 0 Å². The number of fused-ring (bicyclic) bond motifs is 1. The zero-order chi connectivity index (χ0) is 15.5. The Bertz CT molecular complexity index is 823. The third-order valence-corrected chi connectivity index (χ3v) is 3.74. The molecule has 4 heteroatoms. The molecule has 0 atom stereocenters. The van der Waals surface area contributed by atoms with E-state index in [2.05, 4.69) is 10.3 Å². The van der Waals surface area contributed by atoms with Crippen molar-refractivity contribution < 1.29 is 9.18 Å². The zero-order valence-electron chi connectivity index (χ0n) is 12.3. The van der Waals surface area contributed by atoms with Gasteiger partial charge in [0.25, 0.3) is 0 Å². The summed E-state index contributed by atoms with van der Waals surface area (Å²) in [6.45, 7) is 2.30. The minimum atomic E-state index is -0.292. The van der Waals surface area contributed by atoms with Crippen LogP contribution in [0.25, 0.3) is 10.9 Å². The highest BCUT2D eigenvalue weighted by atomic mass is 19.1. The number of aromatic amines is 1. The molecule has 0 saturated heterocycles. The summed E-state index contributed by atoms with van der Waals surface area (Å²) in [7, 11) is 0. The maximum atomic E-state index is 13.1. The van der Waals surface area contributed by atoms with Crippen molar-refractivity contribution in [2.75, 3.05) is 0 Å². The molecule has 0 aliphatic carbocycles. The van der Waals surface area contributed by atoms with Crippen LogP contribution in [0.2, 0.25) is 0 Å². The lowest BCUT2D eigenvalue weighted by atomic mass is 10.1. The molecule has 0 aliphatic rings. The van der Waals surface area contributed by atoms with E-state index >= 15 is 0 Å². The van der Waals surface area contributed by atoms with Crippen molar-refractivity contribution in [2.45, 2.75) is 19.9 Å².